The number of aryl methyl sites for hydroxylation is 1. The van der Waals surface area contributed by atoms with Gasteiger partial charge in [-0.3, -0.25) is 4.79 Å². The fourth-order valence-corrected chi connectivity index (χ4v) is 2.70. The fourth-order valence-electron chi connectivity index (χ4n) is 2.48. The first kappa shape index (κ1) is 16.5. The van der Waals surface area contributed by atoms with Crippen LogP contribution in [0.25, 0.3) is 0 Å². The Morgan fingerprint density at radius 2 is 2.00 bits per heavy atom. The standard InChI is InChI=1S/C18H19ClN2O3/c1-12-8-14(19)3-4-15(12)20-7-6-18(22)21-10-13-2-5-16-17(9-13)24-11-23-16/h2-5,8-9,20H,6-7,10-11H2,1H3,(H,21,22). The Balaban J connectivity index is 1.43. The van der Waals surface area contributed by atoms with Crippen molar-refractivity contribution in [1.29, 1.82) is 0 Å². The predicted molar refractivity (Wildman–Crippen MR) is 93.7 cm³/mol. The molecule has 0 saturated carbocycles. The van der Waals surface area contributed by atoms with Crippen molar-refractivity contribution in [1.82, 2.24) is 5.32 Å². The lowest BCUT2D eigenvalue weighted by atomic mass is 10.2. The summed E-state index contributed by atoms with van der Waals surface area (Å²) in [5.41, 5.74) is 3.03. The first-order chi connectivity index (χ1) is 11.6. The van der Waals surface area contributed by atoms with Crippen molar-refractivity contribution >= 4 is 23.2 Å². The van der Waals surface area contributed by atoms with Gasteiger partial charge in [-0.15, -0.1) is 0 Å². The maximum Gasteiger partial charge on any atom is 0.231 e. The number of hydrogen-bond acceptors (Lipinski definition) is 4. The van der Waals surface area contributed by atoms with Crippen molar-refractivity contribution in [2.45, 2.75) is 19.9 Å². The number of halogens is 1. The molecule has 2 N–H and O–H groups in total. The highest BCUT2D eigenvalue weighted by atomic mass is 35.5. The fraction of sp³-hybridized carbons (Fsp3) is 0.278. The van der Waals surface area contributed by atoms with Crippen molar-refractivity contribution in [2.75, 3.05) is 18.7 Å². The van der Waals surface area contributed by atoms with Crippen LogP contribution < -0.4 is 20.1 Å². The number of anilines is 1. The van der Waals surface area contributed by atoms with Gasteiger partial charge in [0.1, 0.15) is 0 Å². The van der Waals surface area contributed by atoms with Crippen molar-refractivity contribution in [3.05, 3.63) is 52.5 Å². The van der Waals surface area contributed by atoms with E-state index in [-0.39, 0.29) is 12.7 Å². The van der Waals surface area contributed by atoms with E-state index in [1.807, 2.05) is 43.3 Å². The van der Waals surface area contributed by atoms with Gasteiger partial charge >= 0.3 is 0 Å². The molecule has 0 aromatic heterocycles. The molecule has 0 fully saturated rings. The number of carbonyl (C=O) groups is 1. The highest BCUT2D eigenvalue weighted by Crippen LogP contribution is 2.32. The third-order valence-electron chi connectivity index (χ3n) is 3.78. The van der Waals surface area contributed by atoms with Gasteiger partial charge < -0.3 is 20.1 Å². The molecular weight excluding hydrogens is 328 g/mol. The lowest BCUT2D eigenvalue weighted by molar-refractivity contribution is -0.121. The summed E-state index contributed by atoms with van der Waals surface area (Å²) in [6.45, 7) is 3.26. The molecule has 0 aliphatic carbocycles. The molecule has 24 heavy (non-hydrogen) atoms. The van der Waals surface area contributed by atoms with E-state index in [0.29, 0.717) is 24.5 Å². The number of hydrogen-bond donors (Lipinski definition) is 2. The van der Waals surface area contributed by atoms with Crippen molar-refractivity contribution in [3.63, 3.8) is 0 Å². The first-order valence-corrected chi connectivity index (χ1v) is 8.15. The Kier molecular flexibility index (Phi) is 5.11. The molecule has 2 aromatic rings. The van der Waals surface area contributed by atoms with Crippen LogP contribution in [-0.4, -0.2) is 19.2 Å². The molecule has 6 heteroatoms. The Morgan fingerprint density at radius 1 is 1.17 bits per heavy atom. The predicted octanol–water partition coefficient (Wildman–Crippen LogP) is 3.50. The van der Waals surface area contributed by atoms with Gasteiger partial charge in [-0.25, -0.2) is 0 Å². The topological polar surface area (TPSA) is 59.6 Å². The maximum absolute atomic E-state index is 12.0. The third-order valence-corrected chi connectivity index (χ3v) is 4.02. The van der Waals surface area contributed by atoms with Crippen LogP contribution in [-0.2, 0) is 11.3 Å². The third kappa shape index (κ3) is 4.11. The van der Waals surface area contributed by atoms with Crippen LogP contribution in [0, 0.1) is 6.92 Å². The molecule has 1 amide bonds. The van der Waals surface area contributed by atoms with Crippen LogP contribution >= 0.6 is 11.6 Å². The smallest absolute Gasteiger partial charge is 0.231 e. The average Bonchev–Trinajstić information content (AvgIpc) is 3.02. The monoisotopic (exact) mass is 346 g/mol. The minimum Gasteiger partial charge on any atom is -0.454 e. The van der Waals surface area contributed by atoms with Gasteiger partial charge in [0.05, 0.1) is 0 Å². The summed E-state index contributed by atoms with van der Waals surface area (Å²) in [5.74, 6) is 1.46. The number of amides is 1. The average molecular weight is 347 g/mol. The van der Waals surface area contributed by atoms with Crippen LogP contribution in [0.3, 0.4) is 0 Å². The number of carbonyl (C=O) groups excluding carboxylic acids is 1. The zero-order chi connectivity index (χ0) is 16.9. The van der Waals surface area contributed by atoms with E-state index in [0.717, 1.165) is 28.3 Å². The summed E-state index contributed by atoms with van der Waals surface area (Å²) < 4.78 is 10.6. The minimum atomic E-state index is -0.00761. The van der Waals surface area contributed by atoms with Gasteiger partial charge in [-0.2, -0.15) is 0 Å². The summed E-state index contributed by atoms with van der Waals surface area (Å²) in [5, 5.41) is 6.86. The van der Waals surface area contributed by atoms with Gasteiger partial charge in [-0.1, -0.05) is 17.7 Å². The van der Waals surface area contributed by atoms with Crippen LogP contribution in [0.1, 0.15) is 17.5 Å². The van der Waals surface area contributed by atoms with E-state index in [4.69, 9.17) is 21.1 Å². The van der Waals surface area contributed by atoms with E-state index in [9.17, 15) is 4.79 Å². The molecule has 0 radical (unpaired) electrons. The summed E-state index contributed by atoms with van der Waals surface area (Å²) in [6, 6.07) is 11.3. The van der Waals surface area contributed by atoms with E-state index in [1.165, 1.54) is 0 Å². The summed E-state index contributed by atoms with van der Waals surface area (Å²) >= 11 is 5.93. The van der Waals surface area contributed by atoms with Gasteiger partial charge in [0.25, 0.3) is 0 Å². The second-order valence-corrected chi connectivity index (χ2v) is 6.04. The van der Waals surface area contributed by atoms with Gasteiger partial charge in [0.15, 0.2) is 11.5 Å². The lowest BCUT2D eigenvalue weighted by Gasteiger charge is -2.10. The van der Waals surface area contributed by atoms with E-state index < -0.39 is 0 Å². The Morgan fingerprint density at radius 3 is 2.83 bits per heavy atom. The second-order valence-electron chi connectivity index (χ2n) is 5.60. The molecule has 0 atom stereocenters. The number of rotatable bonds is 6. The normalized spacial score (nSPS) is 12.1. The SMILES string of the molecule is Cc1cc(Cl)ccc1NCCC(=O)NCc1ccc2c(c1)OCO2. The van der Waals surface area contributed by atoms with E-state index >= 15 is 0 Å². The number of nitrogens with one attached hydrogen (secondary N) is 2. The van der Waals surface area contributed by atoms with E-state index in [1.54, 1.807) is 0 Å². The number of benzene rings is 2. The van der Waals surface area contributed by atoms with Crippen molar-refractivity contribution in [3.8, 4) is 11.5 Å². The van der Waals surface area contributed by atoms with Gasteiger partial charge in [0.2, 0.25) is 12.7 Å². The molecule has 0 unspecified atom stereocenters. The van der Waals surface area contributed by atoms with Crippen LogP contribution in [0.4, 0.5) is 5.69 Å². The second kappa shape index (κ2) is 7.45. The molecule has 0 spiro atoms. The molecule has 3 rings (SSSR count). The van der Waals surface area contributed by atoms with Gasteiger partial charge in [0, 0.05) is 30.2 Å². The molecule has 0 bridgehead atoms. The zero-order valence-corrected chi connectivity index (χ0v) is 14.2. The minimum absolute atomic E-state index is 0.00761. The molecule has 1 heterocycles. The number of fused-ring (bicyclic) bond motifs is 1. The maximum atomic E-state index is 12.0. The molecular formula is C18H19ClN2O3. The summed E-state index contributed by atoms with van der Waals surface area (Å²) in [7, 11) is 0. The molecule has 1 aliphatic heterocycles. The lowest BCUT2D eigenvalue weighted by Crippen LogP contribution is -2.24. The van der Waals surface area contributed by atoms with Crippen LogP contribution in [0.5, 0.6) is 11.5 Å². The number of ether oxygens (including phenoxy) is 2. The quantitative estimate of drug-likeness (QED) is 0.840. The molecule has 2 aromatic carbocycles. The Hall–Kier alpha value is -2.40. The molecule has 5 nitrogen and oxygen atoms in total. The first-order valence-electron chi connectivity index (χ1n) is 7.77. The van der Waals surface area contributed by atoms with E-state index in [2.05, 4.69) is 10.6 Å². The Bertz CT molecular complexity index is 749. The van der Waals surface area contributed by atoms with Crippen LogP contribution in [0.2, 0.25) is 5.02 Å². The summed E-state index contributed by atoms with van der Waals surface area (Å²) in [4.78, 5) is 12.0. The van der Waals surface area contributed by atoms with Crippen molar-refractivity contribution < 1.29 is 14.3 Å². The Labute approximate surface area is 145 Å². The van der Waals surface area contributed by atoms with Gasteiger partial charge in [-0.05, 0) is 48.4 Å². The largest absolute Gasteiger partial charge is 0.454 e. The molecule has 126 valence electrons. The van der Waals surface area contributed by atoms with Crippen LogP contribution in [0.15, 0.2) is 36.4 Å². The zero-order valence-electron chi connectivity index (χ0n) is 13.4. The highest BCUT2D eigenvalue weighted by molar-refractivity contribution is 6.30. The highest BCUT2D eigenvalue weighted by Gasteiger charge is 2.13. The molecule has 1 aliphatic rings. The van der Waals surface area contributed by atoms with Crippen molar-refractivity contribution in [2.24, 2.45) is 0 Å². The molecule has 0 saturated heterocycles. The summed E-state index contributed by atoms with van der Waals surface area (Å²) in [6.07, 6.45) is 0.395.